The summed E-state index contributed by atoms with van der Waals surface area (Å²) in [5, 5.41) is 0. The molecule has 2 heteroatoms. The Balaban J connectivity index is 2.02. The Bertz CT molecular complexity index is 575. The topological polar surface area (TPSA) is 38.9 Å². The van der Waals surface area contributed by atoms with Crippen LogP contribution < -0.4 is 5.73 Å². The van der Waals surface area contributed by atoms with Gasteiger partial charge in [-0.2, -0.15) is 0 Å². The number of pyridine rings is 1. The molecule has 0 aliphatic heterocycles. The number of nitrogens with two attached hydrogens (primary N) is 1. The summed E-state index contributed by atoms with van der Waals surface area (Å²) in [6.07, 6.45) is 4.22. The van der Waals surface area contributed by atoms with Gasteiger partial charge in [0.05, 0.1) is 5.69 Å². The SMILES string of the molecule is Cc1cc(CN)ccc1C1CCc2cccnc21. The van der Waals surface area contributed by atoms with Crippen LogP contribution in [0.5, 0.6) is 0 Å². The van der Waals surface area contributed by atoms with Gasteiger partial charge in [-0.1, -0.05) is 24.3 Å². The Morgan fingerprint density at radius 2 is 2.22 bits per heavy atom. The molecule has 0 bridgehead atoms. The Morgan fingerprint density at radius 1 is 1.33 bits per heavy atom. The second-order valence-corrected chi connectivity index (χ2v) is 5.03. The lowest BCUT2D eigenvalue weighted by Gasteiger charge is -2.15. The van der Waals surface area contributed by atoms with Crippen molar-refractivity contribution in [2.24, 2.45) is 5.73 Å². The molecule has 0 radical (unpaired) electrons. The molecule has 1 aliphatic carbocycles. The smallest absolute Gasteiger partial charge is 0.0510 e. The summed E-state index contributed by atoms with van der Waals surface area (Å²) in [5.74, 6) is 0.466. The molecule has 92 valence electrons. The summed E-state index contributed by atoms with van der Waals surface area (Å²) in [6, 6.07) is 10.8. The molecular weight excluding hydrogens is 220 g/mol. The molecule has 2 aromatic rings. The molecule has 0 saturated carbocycles. The molecule has 0 fully saturated rings. The average Bonchev–Trinajstić information content (AvgIpc) is 2.82. The molecule has 1 heterocycles. The lowest BCUT2D eigenvalue weighted by molar-refractivity contribution is 0.765. The quantitative estimate of drug-likeness (QED) is 0.873. The maximum absolute atomic E-state index is 5.69. The molecule has 1 atom stereocenters. The first-order chi connectivity index (χ1) is 8.79. The second kappa shape index (κ2) is 4.54. The van der Waals surface area contributed by atoms with Gasteiger partial charge in [0.15, 0.2) is 0 Å². The summed E-state index contributed by atoms with van der Waals surface area (Å²) < 4.78 is 0. The van der Waals surface area contributed by atoms with Crippen molar-refractivity contribution >= 4 is 0 Å². The molecular formula is C16H18N2. The lowest BCUT2D eigenvalue weighted by Crippen LogP contribution is -2.03. The first kappa shape index (κ1) is 11.4. The van der Waals surface area contributed by atoms with Gasteiger partial charge in [0.2, 0.25) is 0 Å². The highest BCUT2D eigenvalue weighted by molar-refractivity contribution is 5.42. The van der Waals surface area contributed by atoms with Gasteiger partial charge >= 0.3 is 0 Å². The fraction of sp³-hybridized carbons (Fsp3) is 0.312. The van der Waals surface area contributed by atoms with E-state index >= 15 is 0 Å². The molecule has 2 N–H and O–H groups in total. The minimum absolute atomic E-state index is 0.466. The largest absolute Gasteiger partial charge is 0.326 e. The number of benzene rings is 1. The van der Waals surface area contributed by atoms with Crippen molar-refractivity contribution in [3.8, 4) is 0 Å². The van der Waals surface area contributed by atoms with Crippen LogP contribution in [0.2, 0.25) is 0 Å². The van der Waals surface area contributed by atoms with E-state index in [1.165, 1.54) is 34.4 Å². The summed E-state index contributed by atoms with van der Waals surface area (Å²) in [4.78, 5) is 4.58. The van der Waals surface area contributed by atoms with Gasteiger partial charge in [-0.25, -0.2) is 0 Å². The highest BCUT2D eigenvalue weighted by Crippen LogP contribution is 2.37. The fourth-order valence-electron chi connectivity index (χ4n) is 2.97. The number of aromatic nitrogens is 1. The van der Waals surface area contributed by atoms with Crippen LogP contribution in [-0.4, -0.2) is 4.98 Å². The zero-order valence-electron chi connectivity index (χ0n) is 10.7. The zero-order chi connectivity index (χ0) is 12.5. The third kappa shape index (κ3) is 1.83. The number of hydrogen-bond acceptors (Lipinski definition) is 2. The van der Waals surface area contributed by atoms with Crippen molar-refractivity contribution in [1.82, 2.24) is 4.98 Å². The van der Waals surface area contributed by atoms with Crippen LogP contribution in [0.1, 0.15) is 40.3 Å². The van der Waals surface area contributed by atoms with E-state index < -0.39 is 0 Å². The third-order valence-electron chi connectivity index (χ3n) is 3.90. The van der Waals surface area contributed by atoms with Crippen molar-refractivity contribution in [2.75, 3.05) is 0 Å². The van der Waals surface area contributed by atoms with Gasteiger partial charge in [0.25, 0.3) is 0 Å². The van der Waals surface area contributed by atoms with E-state index in [1.807, 2.05) is 12.3 Å². The molecule has 3 rings (SSSR count). The number of nitrogens with zero attached hydrogens (tertiary/aromatic N) is 1. The van der Waals surface area contributed by atoms with Crippen LogP contribution in [0.3, 0.4) is 0 Å². The minimum atomic E-state index is 0.466. The minimum Gasteiger partial charge on any atom is -0.326 e. The van der Waals surface area contributed by atoms with Crippen molar-refractivity contribution in [3.63, 3.8) is 0 Å². The molecule has 0 spiro atoms. The monoisotopic (exact) mass is 238 g/mol. The molecule has 18 heavy (non-hydrogen) atoms. The van der Waals surface area contributed by atoms with Crippen LogP contribution in [0.25, 0.3) is 0 Å². The van der Waals surface area contributed by atoms with Crippen LogP contribution in [0.15, 0.2) is 36.5 Å². The maximum atomic E-state index is 5.69. The standard InChI is InChI=1S/C16H18N2/c1-11-9-12(10-17)4-6-14(11)15-7-5-13-3-2-8-18-16(13)15/h2-4,6,8-9,15H,5,7,10,17H2,1H3. The molecule has 1 aromatic heterocycles. The molecule has 2 nitrogen and oxygen atoms in total. The van der Waals surface area contributed by atoms with Crippen molar-refractivity contribution in [3.05, 3.63) is 64.5 Å². The molecule has 1 aromatic carbocycles. The van der Waals surface area contributed by atoms with Gasteiger partial charge in [0.1, 0.15) is 0 Å². The summed E-state index contributed by atoms with van der Waals surface area (Å²) >= 11 is 0. The van der Waals surface area contributed by atoms with Crippen molar-refractivity contribution in [1.29, 1.82) is 0 Å². The maximum Gasteiger partial charge on any atom is 0.0510 e. The highest BCUT2D eigenvalue weighted by atomic mass is 14.7. The third-order valence-corrected chi connectivity index (χ3v) is 3.90. The number of hydrogen-bond donors (Lipinski definition) is 1. The van der Waals surface area contributed by atoms with Crippen LogP contribution in [0, 0.1) is 6.92 Å². The summed E-state index contributed by atoms with van der Waals surface area (Å²) in [7, 11) is 0. The van der Waals surface area contributed by atoms with Gasteiger partial charge in [-0.3, -0.25) is 4.98 Å². The van der Waals surface area contributed by atoms with Gasteiger partial charge in [-0.05, 0) is 48.1 Å². The van der Waals surface area contributed by atoms with Crippen LogP contribution in [0.4, 0.5) is 0 Å². The predicted octanol–water partition coefficient (Wildman–Crippen LogP) is 2.93. The summed E-state index contributed by atoms with van der Waals surface area (Å²) in [5.41, 5.74) is 12.3. The molecule has 0 amide bonds. The van der Waals surface area contributed by atoms with Crippen LogP contribution >= 0.6 is 0 Å². The fourth-order valence-corrected chi connectivity index (χ4v) is 2.97. The highest BCUT2D eigenvalue weighted by Gasteiger charge is 2.25. The van der Waals surface area contributed by atoms with Gasteiger partial charge < -0.3 is 5.73 Å². The summed E-state index contributed by atoms with van der Waals surface area (Å²) in [6.45, 7) is 2.79. The van der Waals surface area contributed by atoms with Gasteiger partial charge in [-0.15, -0.1) is 0 Å². The zero-order valence-corrected chi connectivity index (χ0v) is 10.7. The van der Waals surface area contributed by atoms with E-state index in [2.05, 4.69) is 36.2 Å². The number of fused-ring (bicyclic) bond motifs is 1. The number of rotatable bonds is 2. The first-order valence-corrected chi connectivity index (χ1v) is 6.53. The van der Waals surface area contributed by atoms with Crippen molar-refractivity contribution < 1.29 is 0 Å². The average molecular weight is 238 g/mol. The lowest BCUT2D eigenvalue weighted by atomic mass is 9.91. The second-order valence-electron chi connectivity index (χ2n) is 5.03. The van der Waals surface area contributed by atoms with Crippen LogP contribution in [-0.2, 0) is 13.0 Å². The molecule has 0 saturated heterocycles. The Labute approximate surface area is 108 Å². The number of aryl methyl sites for hydroxylation is 2. The van der Waals surface area contributed by atoms with E-state index in [1.54, 1.807) is 0 Å². The van der Waals surface area contributed by atoms with E-state index in [0.717, 1.165) is 6.42 Å². The van der Waals surface area contributed by atoms with Crippen molar-refractivity contribution in [2.45, 2.75) is 32.2 Å². The van der Waals surface area contributed by atoms with E-state index in [4.69, 9.17) is 5.73 Å². The molecule has 1 aliphatic rings. The first-order valence-electron chi connectivity index (χ1n) is 6.53. The Morgan fingerprint density at radius 3 is 3.00 bits per heavy atom. The predicted molar refractivity (Wildman–Crippen MR) is 73.5 cm³/mol. The van der Waals surface area contributed by atoms with E-state index in [-0.39, 0.29) is 0 Å². The van der Waals surface area contributed by atoms with Gasteiger partial charge in [0, 0.05) is 18.7 Å². The Kier molecular flexibility index (Phi) is 2.88. The van der Waals surface area contributed by atoms with E-state index in [0.29, 0.717) is 12.5 Å². The molecule has 1 unspecified atom stereocenters. The Hall–Kier alpha value is -1.67. The normalized spacial score (nSPS) is 17.8. The van der Waals surface area contributed by atoms with E-state index in [9.17, 15) is 0 Å².